The van der Waals surface area contributed by atoms with Crippen LogP contribution in [0.4, 0.5) is 0 Å². The first-order valence-electron chi connectivity index (χ1n) is 7.33. The minimum atomic E-state index is -0.939. The van der Waals surface area contributed by atoms with E-state index in [0.717, 1.165) is 38.5 Å². The zero-order chi connectivity index (χ0) is 12.5. The van der Waals surface area contributed by atoms with Crippen LogP contribution >= 0.6 is 0 Å². The second-order valence-corrected chi connectivity index (χ2v) is 5.09. The van der Waals surface area contributed by atoms with E-state index >= 15 is 0 Å². The van der Waals surface area contributed by atoms with Gasteiger partial charge in [0, 0.05) is 13.7 Å². The Bertz CT molecular complexity index is 292. The van der Waals surface area contributed by atoms with Crippen LogP contribution in [0.2, 0.25) is 0 Å². The predicted octanol–water partition coefficient (Wildman–Crippen LogP) is 3.34. The third-order valence-electron chi connectivity index (χ3n) is 3.99. The fourth-order valence-corrected chi connectivity index (χ4v) is 3.15. The molecule has 1 heterocycles. The standard InChI is InChI=1S/C14H24O2/c1-3-5-8-11(15)14-10-7-6-9-13(10)16-12(14)4-2/h10,12-14H,3-9H2,1-2H3/t10-,12-,13+,14+/m0/s1/i14D. The van der Waals surface area contributed by atoms with Crippen molar-refractivity contribution in [2.75, 3.05) is 0 Å². The highest BCUT2D eigenvalue weighted by Gasteiger charge is 2.48. The van der Waals surface area contributed by atoms with E-state index in [2.05, 4.69) is 6.92 Å². The van der Waals surface area contributed by atoms with Gasteiger partial charge in [0.05, 0.1) is 12.2 Å². The molecule has 0 spiro atoms. The first-order chi connectivity index (χ1) is 8.14. The summed E-state index contributed by atoms with van der Waals surface area (Å²) < 4.78 is 14.6. The molecule has 0 radical (unpaired) electrons. The number of hydrogen-bond acceptors (Lipinski definition) is 2. The number of hydrogen-bond donors (Lipinski definition) is 0. The summed E-state index contributed by atoms with van der Waals surface area (Å²) in [4.78, 5) is 12.4. The van der Waals surface area contributed by atoms with Gasteiger partial charge in [-0.3, -0.25) is 4.79 Å². The Morgan fingerprint density at radius 3 is 2.94 bits per heavy atom. The lowest BCUT2D eigenvalue weighted by Crippen LogP contribution is -2.28. The maximum Gasteiger partial charge on any atom is 0.138 e. The molecule has 0 bridgehead atoms. The number of fused-ring (bicyclic) bond motifs is 1. The van der Waals surface area contributed by atoms with Crippen LogP contribution in [0.15, 0.2) is 0 Å². The van der Waals surface area contributed by atoms with E-state index in [1.54, 1.807) is 0 Å². The first kappa shape index (κ1) is 10.8. The zero-order valence-electron chi connectivity index (χ0n) is 11.5. The lowest BCUT2D eigenvalue weighted by Gasteiger charge is -2.19. The van der Waals surface area contributed by atoms with Crippen LogP contribution in [0.25, 0.3) is 0 Å². The van der Waals surface area contributed by atoms with Gasteiger partial charge in [0.15, 0.2) is 0 Å². The summed E-state index contributed by atoms with van der Waals surface area (Å²) in [5.74, 6) is -0.650. The second kappa shape index (κ2) is 5.31. The number of carbonyl (C=O) groups is 1. The third-order valence-corrected chi connectivity index (χ3v) is 3.99. The second-order valence-electron chi connectivity index (χ2n) is 5.09. The molecule has 0 aromatic carbocycles. The smallest absolute Gasteiger partial charge is 0.138 e. The van der Waals surface area contributed by atoms with Crippen molar-refractivity contribution in [3.05, 3.63) is 0 Å². The van der Waals surface area contributed by atoms with E-state index in [0.29, 0.717) is 6.42 Å². The number of ketones is 1. The van der Waals surface area contributed by atoms with E-state index < -0.39 is 5.89 Å². The highest BCUT2D eigenvalue weighted by molar-refractivity contribution is 5.82. The zero-order valence-corrected chi connectivity index (χ0v) is 10.5. The molecule has 0 unspecified atom stereocenters. The maximum atomic E-state index is 12.4. The number of unbranched alkanes of at least 4 members (excludes halogenated alkanes) is 1. The van der Waals surface area contributed by atoms with Crippen molar-refractivity contribution in [1.82, 2.24) is 0 Å². The molecule has 2 rings (SSSR count). The SMILES string of the molecule is [2H][C@@]1(C(=O)CCCC)[C@H](CC)O[C@@H]2CCC[C@@H]21. The van der Waals surface area contributed by atoms with E-state index in [1.807, 2.05) is 6.92 Å². The van der Waals surface area contributed by atoms with E-state index in [-0.39, 0.29) is 23.9 Å². The van der Waals surface area contributed by atoms with Crippen molar-refractivity contribution < 1.29 is 10.9 Å². The van der Waals surface area contributed by atoms with E-state index in [4.69, 9.17) is 6.11 Å². The van der Waals surface area contributed by atoms with Crippen molar-refractivity contribution >= 4 is 5.78 Å². The van der Waals surface area contributed by atoms with Gasteiger partial charge in [0.2, 0.25) is 0 Å². The molecule has 2 fully saturated rings. The molecule has 2 aliphatic rings. The molecule has 1 saturated carbocycles. The molecule has 92 valence electrons. The maximum absolute atomic E-state index is 12.4. The molecule has 1 aliphatic carbocycles. The normalized spacial score (nSPS) is 43.1. The molecule has 0 aromatic heterocycles. The average Bonchev–Trinajstić information content (AvgIpc) is 2.88. The van der Waals surface area contributed by atoms with Crippen LogP contribution in [0, 0.1) is 11.8 Å². The van der Waals surface area contributed by atoms with Gasteiger partial charge in [-0.2, -0.15) is 0 Å². The molecule has 0 amide bonds. The van der Waals surface area contributed by atoms with Gasteiger partial charge in [-0.05, 0) is 31.6 Å². The lowest BCUT2D eigenvalue weighted by molar-refractivity contribution is -0.125. The number of Topliss-reactive ketones (excluding diaryl/α,β-unsaturated/α-hetero) is 1. The van der Waals surface area contributed by atoms with Crippen LogP contribution in [-0.2, 0) is 9.53 Å². The molecular formula is C14H24O2. The van der Waals surface area contributed by atoms with Crippen LogP contribution in [0.1, 0.15) is 60.2 Å². The van der Waals surface area contributed by atoms with Crippen molar-refractivity contribution in [3.63, 3.8) is 0 Å². The molecule has 1 saturated heterocycles. The predicted molar refractivity (Wildman–Crippen MR) is 64.3 cm³/mol. The first-order valence-corrected chi connectivity index (χ1v) is 6.83. The Morgan fingerprint density at radius 1 is 1.44 bits per heavy atom. The number of rotatable bonds is 5. The van der Waals surface area contributed by atoms with Gasteiger partial charge < -0.3 is 4.74 Å². The number of carbonyl (C=O) groups excluding carboxylic acids is 1. The number of ether oxygens (including phenoxy) is 1. The van der Waals surface area contributed by atoms with Gasteiger partial charge in [0.25, 0.3) is 0 Å². The van der Waals surface area contributed by atoms with Crippen LogP contribution in [-0.4, -0.2) is 18.0 Å². The highest BCUT2D eigenvalue weighted by Crippen LogP contribution is 2.44. The lowest BCUT2D eigenvalue weighted by atomic mass is 9.82. The average molecular weight is 225 g/mol. The molecule has 2 nitrogen and oxygen atoms in total. The monoisotopic (exact) mass is 225 g/mol. The third kappa shape index (κ3) is 2.17. The summed E-state index contributed by atoms with van der Waals surface area (Å²) in [6.45, 7) is 4.12. The Labute approximate surface area is 100 Å². The van der Waals surface area contributed by atoms with Crippen molar-refractivity contribution in [1.29, 1.82) is 0 Å². The van der Waals surface area contributed by atoms with Crippen LogP contribution in [0.3, 0.4) is 0 Å². The molecule has 1 aliphatic heterocycles. The highest BCUT2D eigenvalue weighted by atomic mass is 16.5. The summed E-state index contributed by atoms with van der Waals surface area (Å²) >= 11 is 0. The molecule has 0 aromatic rings. The molecule has 16 heavy (non-hydrogen) atoms. The molecular weight excluding hydrogens is 200 g/mol. The summed E-state index contributed by atoms with van der Waals surface area (Å²) in [5.41, 5.74) is 0. The van der Waals surface area contributed by atoms with Crippen molar-refractivity contribution in [3.8, 4) is 0 Å². The van der Waals surface area contributed by atoms with Gasteiger partial charge in [-0.25, -0.2) is 0 Å². The van der Waals surface area contributed by atoms with E-state index in [9.17, 15) is 4.79 Å². The quantitative estimate of drug-likeness (QED) is 0.717. The largest absolute Gasteiger partial charge is 0.374 e. The Morgan fingerprint density at radius 2 is 2.25 bits per heavy atom. The van der Waals surface area contributed by atoms with Gasteiger partial charge >= 0.3 is 0 Å². The van der Waals surface area contributed by atoms with Crippen molar-refractivity contribution in [2.45, 2.75) is 71.0 Å². The van der Waals surface area contributed by atoms with Gasteiger partial charge in [0.1, 0.15) is 5.78 Å². The van der Waals surface area contributed by atoms with Crippen LogP contribution in [0.5, 0.6) is 0 Å². The summed E-state index contributed by atoms with van der Waals surface area (Å²) in [6, 6.07) is 0. The summed E-state index contributed by atoms with van der Waals surface area (Å²) in [6.07, 6.45) is 6.46. The Hall–Kier alpha value is -0.370. The Kier molecular flexibility index (Phi) is 3.57. The minimum Gasteiger partial charge on any atom is -0.374 e. The fourth-order valence-electron chi connectivity index (χ4n) is 3.15. The molecule has 0 N–H and O–H groups in total. The van der Waals surface area contributed by atoms with Crippen molar-refractivity contribution in [2.24, 2.45) is 11.8 Å². The summed E-state index contributed by atoms with van der Waals surface area (Å²) in [5, 5.41) is 0. The fraction of sp³-hybridized carbons (Fsp3) is 0.929. The minimum absolute atomic E-state index is 0.126. The van der Waals surface area contributed by atoms with Gasteiger partial charge in [-0.15, -0.1) is 0 Å². The Balaban J connectivity index is 2.15. The molecule has 2 heteroatoms. The molecule has 4 atom stereocenters. The summed E-state index contributed by atoms with van der Waals surface area (Å²) in [7, 11) is 0. The van der Waals surface area contributed by atoms with E-state index in [1.165, 1.54) is 0 Å². The van der Waals surface area contributed by atoms with Gasteiger partial charge in [-0.1, -0.05) is 26.7 Å². The topological polar surface area (TPSA) is 26.3 Å². The van der Waals surface area contributed by atoms with Crippen LogP contribution < -0.4 is 0 Å².